The van der Waals surface area contributed by atoms with Gasteiger partial charge < -0.3 is 15.4 Å². The Hall–Kier alpha value is -3.43. The lowest BCUT2D eigenvalue weighted by Gasteiger charge is -2.43. The van der Waals surface area contributed by atoms with Crippen molar-refractivity contribution in [3.05, 3.63) is 35.9 Å². The van der Waals surface area contributed by atoms with E-state index in [-0.39, 0.29) is 25.2 Å². The molecular formula is C22H26N4O6. The number of fused-ring (bicyclic) bond motifs is 1. The van der Waals surface area contributed by atoms with Gasteiger partial charge >= 0.3 is 5.97 Å². The molecule has 0 spiro atoms. The Balaban J connectivity index is 1.53. The Morgan fingerprint density at radius 2 is 1.81 bits per heavy atom. The van der Waals surface area contributed by atoms with Crippen LogP contribution in [-0.2, 0) is 23.9 Å². The van der Waals surface area contributed by atoms with Crippen LogP contribution >= 0.6 is 0 Å². The Morgan fingerprint density at radius 3 is 2.50 bits per heavy atom. The van der Waals surface area contributed by atoms with Crippen LogP contribution < -0.4 is 10.6 Å². The molecule has 1 aromatic carbocycles. The van der Waals surface area contributed by atoms with Gasteiger partial charge in [-0.25, -0.2) is 5.01 Å². The highest BCUT2D eigenvalue weighted by Crippen LogP contribution is 2.26. The van der Waals surface area contributed by atoms with Crippen molar-refractivity contribution in [3.8, 4) is 0 Å². The molecule has 4 atom stereocenters. The van der Waals surface area contributed by atoms with Crippen molar-refractivity contribution in [2.75, 3.05) is 6.54 Å². The van der Waals surface area contributed by atoms with Crippen molar-refractivity contribution < 1.29 is 28.7 Å². The van der Waals surface area contributed by atoms with Gasteiger partial charge in [0, 0.05) is 18.5 Å². The number of hydrazine groups is 1. The standard InChI is InChI=1S/C22H26N4O6/c1-13-16(12-19(28)32-13)24-21(30)17-8-5-11-25-18(27)10-9-15(22(31)26(17)25)23-20(29)14-6-3-2-4-7-14/h2-4,6-7,13,15-17H,5,8-12H2,1H3,(H,23,29)(H,24,30)/t13?,15-,16?,17-/m0/s1. The molecule has 0 aliphatic carbocycles. The van der Waals surface area contributed by atoms with Crippen LogP contribution in [0, 0.1) is 0 Å². The van der Waals surface area contributed by atoms with Crippen molar-refractivity contribution in [1.29, 1.82) is 0 Å². The predicted molar refractivity (Wildman–Crippen MR) is 111 cm³/mol. The van der Waals surface area contributed by atoms with E-state index in [0.717, 1.165) is 0 Å². The van der Waals surface area contributed by atoms with Gasteiger partial charge in [0.2, 0.25) is 11.8 Å². The Labute approximate surface area is 185 Å². The highest BCUT2D eigenvalue weighted by Gasteiger charge is 2.45. The molecule has 3 heterocycles. The number of carbonyl (C=O) groups is 5. The van der Waals surface area contributed by atoms with Crippen molar-refractivity contribution in [2.24, 2.45) is 0 Å². The highest BCUT2D eigenvalue weighted by atomic mass is 16.6. The maximum absolute atomic E-state index is 13.4. The van der Waals surface area contributed by atoms with Gasteiger partial charge in [0.05, 0.1) is 12.5 Å². The van der Waals surface area contributed by atoms with Gasteiger partial charge in [-0.15, -0.1) is 0 Å². The number of ether oxygens (including phenoxy) is 1. The fraction of sp³-hybridized carbons (Fsp3) is 0.500. The van der Waals surface area contributed by atoms with E-state index < -0.39 is 47.9 Å². The molecule has 0 radical (unpaired) electrons. The van der Waals surface area contributed by atoms with E-state index in [4.69, 9.17) is 4.74 Å². The van der Waals surface area contributed by atoms with Crippen LogP contribution in [0.15, 0.2) is 30.3 Å². The van der Waals surface area contributed by atoms with Gasteiger partial charge in [-0.2, -0.15) is 0 Å². The average Bonchev–Trinajstić information content (AvgIpc) is 3.05. The third-order valence-corrected chi connectivity index (χ3v) is 6.10. The molecule has 0 aromatic heterocycles. The number of esters is 1. The molecule has 0 bridgehead atoms. The summed E-state index contributed by atoms with van der Waals surface area (Å²) in [5.41, 5.74) is 0.403. The summed E-state index contributed by atoms with van der Waals surface area (Å²) in [7, 11) is 0. The Morgan fingerprint density at radius 1 is 1.06 bits per heavy atom. The molecule has 4 amide bonds. The van der Waals surface area contributed by atoms with Crippen molar-refractivity contribution >= 4 is 29.6 Å². The Bertz CT molecular complexity index is 936. The molecular weight excluding hydrogens is 416 g/mol. The number of hydrogen-bond acceptors (Lipinski definition) is 6. The lowest BCUT2D eigenvalue weighted by molar-refractivity contribution is -0.176. The third kappa shape index (κ3) is 4.30. The summed E-state index contributed by atoms with van der Waals surface area (Å²) in [6, 6.07) is 6.17. The maximum Gasteiger partial charge on any atom is 0.308 e. The summed E-state index contributed by atoms with van der Waals surface area (Å²) in [5.74, 6) is -2.01. The Kier molecular flexibility index (Phi) is 6.11. The molecule has 3 fully saturated rings. The number of nitrogens with zero attached hydrogens (tertiary/aromatic N) is 2. The molecule has 10 nitrogen and oxygen atoms in total. The van der Waals surface area contributed by atoms with E-state index >= 15 is 0 Å². The van der Waals surface area contributed by atoms with Crippen molar-refractivity contribution in [3.63, 3.8) is 0 Å². The van der Waals surface area contributed by atoms with Crippen LogP contribution in [0.1, 0.15) is 49.4 Å². The largest absolute Gasteiger partial charge is 0.460 e. The van der Waals surface area contributed by atoms with E-state index in [2.05, 4.69) is 10.6 Å². The predicted octanol–water partition coefficient (Wildman–Crippen LogP) is 0.134. The van der Waals surface area contributed by atoms with E-state index in [1.165, 1.54) is 10.0 Å². The van der Waals surface area contributed by atoms with Crippen LogP contribution in [0.2, 0.25) is 0 Å². The molecule has 2 N–H and O–H groups in total. The van der Waals surface area contributed by atoms with Crippen molar-refractivity contribution in [2.45, 2.75) is 63.3 Å². The summed E-state index contributed by atoms with van der Waals surface area (Å²) >= 11 is 0. The van der Waals surface area contributed by atoms with Gasteiger partial charge in [-0.3, -0.25) is 29.0 Å². The molecule has 2 unspecified atom stereocenters. The molecule has 32 heavy (non-hydrogen) atoms. The summed E-state index contributed by atoms with van der Waals surface area (Å²) in [5, 5.41) is 8.04. The SMILES string of the molecule is CC1OC(=O)CC1NC(=O)[C@@H]1CCCN2C(=O)CC[C@H](NC(=O)c3ccccc3)C(=O)N12. The van der Waals surface area contributed by atoms with Crippen LogP contribution in [0.25, 0.3) is 0 Å². The number of carbonyl (C=O) groups excluding carboxylic acids is 5. The zero-order valence-corrected chi connectivity index (χ0v) is 17.8. The van der Waals surface area contributed by atoms with Crippen molar-refractivity contribution in [1.82, 2.24) is 20.7 Å². The second-order valence-corrected chi connectivity index (χ2v) is 8.30. The summed E-state index contributed by atoms with van der Waals surface area (Å²) in [6.07, 6.45) is 0.760. The lowest BCUT2D eigenvalue weighted by Crippen LogP contribution is -2.64. The molecule has 4 rings (SSSR count). The second-order valence-electron chi connectivity index (χ2n) is 8.30. The van der Waals surface area contributed by atoms with Crippen LogP contribution in [0.5, 0.6) is 0 Å². The summed E-state index contributed by atoms with van der Waals surface area (Å²) in [6.45, 7) is 2.02. The zero-order chi connectivity index (χ0) is 22.8. The van der Waals surface area contributed by atoms with E-state index in [0.29, 0.717) is 24.9 Å². The number of benzene rings is 1. The molecule has 0 saturated carbocycles. The van der Waals surface area contributed by atoms with Crippen LogP contribution in [-0.4, -0.2) is 70.4 Å². The van der Waals surface area contributed by atoms with Gasteiger partial charge in [0.25, 0.3) is 11.8 Å². The first-order chi connectivity index (χ1) is 15.3. The fourth-order valence-corrected chi connectivity index (χ4v) is 4.37. The molecule has 170 valence electrons. The molecule has 3 aliphatic rings. The first-order valence-electron chi connectivity index (χ1n) is 10.8. The van der Waals surface area contributed by atoms with Crippen LogP contribution in [0.3, 0.4) is 0 Å². The number of rotatable bonds is 4. The minimum absolute atomic E-state index is 0.0615. The maximum atomic E-state index is 13.4. The highest BCUT2D eigenvalue weighted by molar-refractivity contribution is 5.99. The van der Waals surface area contributed by atoms with E-state index in [1.54, 1.807) is 37.3 Å². The van der Waals surface area contributed by atoms with Gasteiger partial charge in [0.15, 0.2) is 0 Å². The monoisotopic (exact) mass is 442 g/mol. The number of nitrogens with one attached hydrogen (secondary N) is 2. The van der Waals surface area contributed by atoms with Crippen LogP contribution in [0.4, 0.5) is 0 Å². The smallest absolute Gasteiger partial charge is 0.308 e. The molecule has 1 aromatic rings. The average molecular weight is 442 g/mol. The number of amides is 4. The second kappa shape index (κ2) is 8.97. The quantitative estimate of drug-likeness (QED) is 0.639. The molecule has 3 saturated heterocycles. The molecule has 10 heteroatoms. The van der Waals surface area contributed by atoms with Gasteiger partial charge in [0.1, 0.15) is 18.2 Å². The van der Waals surface area contributed by atoms with E-state index in [1.807, 2.05) is 0 Å². The first-order valence-corrected chi connectivity index (χ1v) is 10.8. The number of cyclic esters (lactones) is 1. The summed E-state index contributed by atoms with van der Waals surface area (Å²) in [4.78, 5) is 63.4. The summed E-state index contributed by atoms with van der Waals surface area (Å²) < 4.78 is 5.08. The minimum atomic E-state index is -0.930. The first kappa shape index (κ1) is 21.8. The molecule has 3 aliphatic heterocycles. The lowest BCUT2D eigenvalue weighted by atomic mass is 10.0. The van der Waals surface area contributed by atoms with Gasteiger partial charge in [-0.1, -0.05) is 18.2 Å². The van der Waals surface area contributed by atoms with Gasteiger partial charge in [-0.05, 0) is 38.3 Å². The topological polar surface area (TPSA) is 125 Å². The number of hydrogen-bond donors (Lipinski definition) is 2. The third-order valence-electron chi connectivity index (χ3n) is 6.10. The zero-order valence-electron chi connectivity index (χ0n) is 17.8. The minimum Gasteiger partial charge on any atom is -0.460 e. The normalized spacial score (nSPS) is 28.0. The fourth-order valence-electron chi connectivity index (χ4n) is 4.37. The van der Waals surface area contributed by atoms with E-state index in [9.17, 15) is 24.0 Å².